The third kappa shape index (κ3) is 5.84. The van der Waals surface area contributed by atoms with E-state index in [4.69, 9.17) is 14.2 Å². The van der Waals surface area contributed by atoms with Crippen LogP contribution in [0.25, 0.3) is 11.1 Å². The molecule has 1 spiro atoms. The summed E-state index contributed by atoms with van der Waals surface area (Å²) in [5, 5.41) is 7.67. The fourth-order valence-corrected chi connectivity index (χ4v) is 6.02. The number of aromatic nitrogens is 2. The van der Waals surface area contributed by atoms with E-state index in [1.54, 1.807) is 44.9 Å². The Bertz CT molecular complexity index is 1480. The van der Waals surface area contributed by atoms with Gasteiger partial charge in [0.15, 0.2) is 0 Å². The molecule has 3 aromatic rings. The Hall–Kier alpha value is -4.34. The van der Waals surface area contributed by atoms with Crippen LogP contribution in [-0.2, 0) is 14.3 Å². The number of carbonyl (C=O) groups excluding carboxylic acids is 3. The largest absolute Gasteiger partial charge is 0.497 e. The number of esters is 1. The molecule has 2 heterocycles. The maximum Gasteiger partial charge on any atom is 0.435 e. The van der Waals surface area contributed by atoms with Gasteiger partial charge in [-0.1, -0.05) is 31.4 Å². The van der Waals surface area contributed by atoms with E-state index in [1.807, 2.05) is 30.3 Å². The number of hydrogen-bond acceptors (Lipinski definition) is 8. The molecule has 2 aromatic carbocycles. The van der Waals surface area contributed by atoms with Crippen molar-refractivity contribution < 1.29 is 28.6 Å². The molecule has 5 rings (SSSR count). The number of hydrogen-bond donors (Lipinski definition) is 1. The van der Waals surface area contributed by atoms with Crippen molar-refractivity contribution in [3.05, 3.63) is 60.4 Å². The van der Waals surface area contributed by atoms with Crippen LogP contribution in [-0.4, -0.2) is 60.2 Å². The van der Waals surface area contributed by atoms with Crippen LogP contribution in [0.2, 0.25) is 0 Å². The summed E-state index contributed by atoms with van der Waals surface area (Å²) >= 11 is 0. The first kappa shape index (κ1) is 29.2. The van der Waals surface area contributed by atoms with Crippen LogP contribution >= 0.6 is 0 Å². The second-order valence-electron chi connectivity index (χ2n) is 12.0. The van der Waals surface area contributed by atoms with Crippen LogP contribution in [0, 0.1) is 5.41 Å². The zero-order chi connectivity index (χ0) is 30.1. The monoisotopic (exact) mass is 574 g/mol. The fourth-order valence-electron chi connectivity index (χ4n) is 6.02. The lowest BCUT2D eigenvalue weighted by molar-refractivity contribution is -0.118. The predicted octanol–water partition coefficient (Wildman–Crippen LogP) is 5.91. The predicted molar refractivity (Wildman–Crippen MR) is 159 cm³/mol. The van der Waals surface area contributed by atoms with Crippen molar-refractivity contribution in [2.45, 2.75) is 64.5 Å². The molecule has 0 radical (unpaired) electrons. The molecule has 1 N–H and O–H groups in total. The number of ether oxygens (including phenoxy) is 3. The summed E-state index contributed by atoms with van der Waals surface area (Å²) in [6, 6.07) is 12.5. The Morgan fingerprint density at radius 3 is 2.50 bits per heavy atom. The molecular formula is C32H38N4O6. The lowest BCUT2D eigenvalue weighted by atomic mass is 9.70. The van der Waals surface area contributed by atoms with E-state index in [0.717, 1.165) is 42.5 Å². The zero-order valence-electron chi connectivity index (χ0n) is 24.8. The van der Waals surface area contributed by atoms with Gasteiger partial charge < -0.3 is 24.4 Å². The van der Waals surface area contributed by atoms with Gasteiger partial charge in [-0.15, -0.1) is 0 Å². The summed E-state index contributed by atoms with van der Waals surface area (Å²) in [6.07, 6.45) is 7.53. The van der Waals surface area contributed by atoms with Crippen molar-refractivity contribution >= 4 is 29.3 Å². The van der Waals surface area contributed by atoms with Crippen LogP contribution in [0.5, 0.6) is 5.75 Å². The lowest BCUT2D eigenvalue weighted by Crippen LogP contribution is -2.43. The summed E-state index contributed by atoms with van der Waals surface area (Å²) in [6.45, 7) is 5.87. The van der Waals surface area contributed by atoms with Gasteiger partial charge in [-0.25, -0.2) is 9.59 Å². The second kappa shape index (κ2) is 11.5. The maximum absolute atomic E-state index is 14.1. The average molecular weight is 575 g/mol. The molecule has 1 unspecified atom stereocenters. The van der Waals surface area contributed by atoms with Gasteiger partial charge in [0.2, 0.25) is 5.91 Å². The number of rotatable bonds is 6. The quantitative estimate of drug-likeness (QED) is 0.362. The fraction of sp³-hybridized carbons (Fsp3) is 0.438. The van der Waals surface area contributed by atoms with Gasteiger partial charge in [0.05, 0.1) is 26.0 Å². The van der Waals surface area contributed by atoms with E-state index >= 15 is 0 Å². The third-order valence-electron chi connectivity index (χ3n) is 8.02. The standard InChI is InChI=1S/C32H38N4O6/c1-31(2,3)42-30(39)36-19-21(18-33-36)25-13-12-23(17-26(25)29(38)41-5)35-20-32(14-7-6-8-15-32)27(28(35)37)34-22-10-9-11-24(16-22)40-4/h9-13,16-19,27,34H,6-8,14-15,20H2,1-5H3. The number of carbonyl (C=O) groups is 3. The van der Waals surface area contributed by atoms with Crippen molar-refractivity contribution in [3.63, 3.8) is 0 Å². The molecule has 2 aliphatic rings. The molecular weight excluding hydrogens is 536 g/mol. The zero-order valence-corrected chi connectivity index (χ0v) is 24.8. The molecule has 1 amide bonds. The van der Waals surface area contributed by atoms with Gasteiger partial charge in [0, 0.05) is 41.2 Å². The number of benzene rings is 2. The Kier molecular flexibility index (Phi) is 7.99. The Morgan fingerprint density at radius 1 is 1.05 bits per heavy atom. The molecule has 2 fully saturated rings. The van der Waals surface area contributed by atoms with Crippen LogP contribution in [0.1, 0.15) is 63.2 Å². The summed E-state index contributed by atoms with van der Waals surface area (Å²) in [4.78, 5) is 41.4. The average Bonchev–Trinajstić information content (AvgIpc) is 3.56. The number of amides is 1. The van der Waals surface area contributed by atoms with E-state index in [2.05, 4.69) is 10.4 Å². The molecule has 1 aliphatic heterocycles. The summed E-state index contributed by atoms with van der Waals surface area (Å²) in [7, 11) is 2.93. The highest BCUT2D eigenvalue weighted by Gasteiger charge is 2.53. The first-order chi connectivity index (χ1) is 20.0. The topological polar surface area (TPSA) is 112 Å². The number of nitrogens with zero attached hydrogens (tertiary/aromatic N) is 3. The minimum Gasteiger partial charge on any atom is -0.497 e. The van der Waals surface area contributed by atoms with Crippen LogP contribution < -0.4 is 15.0 Å². The van der Waals surface area contributed by atoms with Gasteiger partial charge in [-0.05, 0) is 63.4 Å². The summed E-state index contributed by atoms with van der Waals surface area (Å²) in [5.74, 6) is 0.122. The van der Waals surface area contributed by atoms with Crippen molar-refractivity contribution in [1.29, 1.82) is 0 Å². The minimum atomic E-state index is -0.681. The molecule has 10 heteroatoms. The minimum absolute atomic E-state index is 0.0407. The second-order valence-corrected chi connectivity index (χ2v) is 12.0. The van der Waals surface area contributed by atoms with Gasteiger partial charge in [-0.2, -0.15) is 9.78 Å². The highest BCUT2D eigenvalue weighted by atomic mass is 16.6. The smallest absolute Gasteiger partial charge is 0.435 e. The third-order valence-corrected chi connectivity index (χ3v) is 8.02. The number of nitrogens with one attached hydrogen (secondary N) is 1. The molecule has 42 heavy (non-hydrogen) atoms. The highest BCUT2D eigenvalue weighted by Crippen LogP contribution is 2.47. The molecule has 1 aromatic heterocycles. The lowest BCUT2D eigenvalue weighted by Gasteiger charge is -2.37. The van der Waals surface area contributed by atoms with Crippen molar-refractivity contribution in [2.24, 2.45) is 5.41 Å². The van der Waals surface area contributed by atoms with Crippen molar-refractivity contribution in [1.82, 2.24) is 9.78 Å². The number of methoxy groups -OCH3 is 2. The SMILES string of the molecule is COC(=O)c1cc(N2CC3(CCCCC3)C(Nc3cccc(OC)c3)C2=O)ccc1-c1cnn(C(=O)OC(C)(C)C)c1. The van der Waals surface area contributed by atoms with Gasteiger partial charge in [-0.3, -0.25) is 4.79 Å². The highest BCUT2D eigenvalue weighted by molar-refractivity contribution is 6.05. The maximum atomic E-state index is 14.1. The van der Waals surface area contributed by atoms with E-state index < -0.39 is 23.7 Å². The molecule has 1 saturated carbocycles. The van der Waals surface area contributed by atoms with Gasteiger partial charge in [0.1, 0.15) is 17.4 Å². The molecule has 10 nitrogen and oxygen atoms in total. The van der Waals surface area contributed by atoms with Crippen molar-refractivity contribution in [3.8, 4) is 16.9 Å². The first-order valence-electron chi connectivity index (χ1n) is 14.3. The first-order valence-corrected chi connectivity index (χ1v) is 14.3. The Morgan fingerprint density at radius 2 is 1.81 bits per heavy atom. The molecule has 1 atom stereocenters. The molecule has 0 bridgehead atoms. The van der Waals surface area contributed by atoms with Gasteiger partial charge >= 0.3 is 12.1 Å². The van der Waals surface area contributed by atoms with Crippen LogP contribution in [0.15, 0.2) is 54.9 Å². The van der Waals surface area contributed by atoms with E-state index in [1.165, 1.54) is 19.5 Å². The summed E-state index contributed by atoms with van der Waals surface area (Å²) in [5.41, 5.74) is 1.87. The van der Waals surface area contributed by atoms with E-state index in [0.29, 0.717) is 29.1 Å². The van der Waals surface area contributed by atoms with E-state index in [-0.39, 0.29) is 16.9 Å². The van der Waals surface area contributed by atoms with E-state index in [9.17, 15) is 14.4 Å². The van der Waals surface area contributed by atoms with Crippen molar-refractivity contribution in [2.75, 3.05) is 31.0 Å². The molecule has 1 saturated heterocycles. The summed E-state index contributed by atoms with van der Waals surface area (Å²) < 4.78 is 17.0. The Labute approximate surface area is 245 Å². The van der Waals surface area contributed by atoms with Crippen LogP contribution in [0.3, 0.4) is 0 Å². The molecule has 1 aliphatic carbocycles. The Balaban J connectivity index is 1.48. The normalized spacial score (nSPS) is 18.2. The van der Waals surface area contributed by atoms with Crippen LogP contribution in [0.4, 0.5) is 16.2 Å². The number of anilines is 2. The van der Waals surface area contributed by atoms with Gasteiger partial charge in [0.25, 0.3) is 0 Å². The molecule has 222 valence electrons.